The molecule has 0 spiro atoms. The third-order valence-electron chi connectivity index (χ3n) is 4.07. The lowest BCUT2D eigenvalue weighted by Crippen LogP contribution is -2.12. The van der Waals surface area contributed by atoms with Gasteiger partial charge in [-0.3, -0.25) is 14.9 Å². The van der Waals surface area contributed by atoms with E-state index in [0.29, 0.717) is 17.5 Å². The summed E-state index contributed by atoms with van der Waals surface area (Å²) in [6, 6.07) is 16.6. The minimum Gasteiger partial charge on any atom is -0.439 e. The van der Waals surface area contributed by atoms with Gasteiger partial charge < -0.3 is 10.1 Å². The Morgan fingerprint density at radius 1 is 1.11 bits per heavy atom. The van der Waals surface area contributed by atoms with Crippen LogP contribution in [-0.4, -0.2) is 15.8 Å². The number of nitro groups is 1. The number of anilines is 1. The standard InChI is InChI=1S/C21H19N3O4/c1-14(2)18-8-3-4-9-19(18)28-20-11-10-16(13-22-20)23-21(25)15-6-5-7-17(12-15)24(26)27/h3-14H,1-2H3,(H,23,25). The fourth-order valence-corrected chi connectivity index (χ4v) is 2.64. The number of rotatable bonds is 6. The van der Waals surface area contributed by atoms with E-state index in [-0.39, 0.29) is 11.3 Å². The number of benzene rings is 2. The molecular formula is C21H19N3O4. The van der Waals surface area contributed by atoms with E-state index in [1.807, 2.05) is 24.3 Å². The van der Waals surface area contributed by atoms with E-state index in [1.165, 1.54) is 30.5 Å². The summed E-state index contributed by atoms with van der Waals surface area (Å²) in [6.45, 7) is 4.17. The van der Waals surface area contributed by atoms with Crippen LogP contribution < -0.4 is 10.1 Å². The lowest BCUT2D eigenvalue weighted by atomic mass is 10.0. The van der Waals surface area contributed by atoms with E-state index in [0.717, 1.165) is 11.3 Å². The van der Waals surface area contributed by atoms with E-state index < -0.39 is 10.8 Å². The molecule has 28 heavy (non-hydrogen) atoms. The second kappa shape index (κ2) is 8.30. The zero-order valence-corrected chi connectivity index (χ0v) is 15.5. The second-order valence-electron chi connectivity index (χ2n) is 6.44. The van der Waals surface area contributed by atoms with Crippen LogP contribution in [0.2, 0.25) is 0 Å². The van der Waals surface area contributed by atoms with Crippen molar-refractivity contribution in [2.24, 2.45) is 0 Å². The quantitative estimate of drug-likeness (QED) is 0.473. The molecular weight excluding hydrogens is 358 g/mol. The number of nitrogens with zero attached hydrogens (tertiary/aromatic N) is 2. The fourth-order valence-electron chi connectivity index (χ4n) is 2.64. The van der Waals surface area contributed by atoms with Crippen molar-refractivity contribution < 1.29 is 14.5 Å². The van der Waals surface area contributed by atoms with E-state index in [4.69, 9.17) is 4.74 Å². The summed E-state index contributed by atoms with van der Waals surface area (Å²) in [5.74, 6) is 0.994. The maximum Gasteiger partial charge on any atom is 0.270 e. The topological polar surface area (TPSA) is 94.4 Å². The molecule has 0 aliphatic rings. The Morgan fingerprint density at radius 2 is 1.89 bits per heavy atom. The van der Waals surface area contributed by atoms with Crippen molar-refractivity contribution in [3.8, 4) is 11.6 Å². The van der Waals surface area contributed by atoms with Gasteiger partial charge in [-0.05, 0) is 29.7 Å². The van der Waals surface area contributed by atoms with Crippen molar-refractivity contribution in [1.82, 2.24) is 4.98 Å². The van der Waals surface area contributed by atoms with E-state index in [1.54, 1.807) is 12.1 Å². The Hall–Kier alpha value is -3.74. The Labute approximate surface area is 162 Å². The van der Waals surface area contributed by atoms with Crippen LogP contribution in [0.3, 0.4) is 0 Å². The SMILES string of the molecule is CC(C)c1ccccc1Oc1ccc(NC(=O)c2cccc([N+](=O)[O-])c2)cn1. The summed E-state index contributed by atoms with van der Waals surface area (Å²) in [4.78, 5) is 26.8. The Bertz CT molecular complexity index is 1000. The van der Waals surface area contributed by atoms with E-state index in [2.05, 4.69) is 24.1 Å². The molecule has 0 saturated carbocycles. The highest BCUT2D eigenvalue weighted by Crippen LogP contribution is 2.29. The van der Waals surface area contributed by atoms with Gasteiger partial charge in [0.25, 0.3) is 11.6 Å². The summed E-state index contributed by atoms with van der Waals surface area (Å²) < 4.78 is 5.86. The lowest BCUT2D eigenvalue weighted by Gasteiger charge is -2.13. The van der Waals surface area contributed by atoms with Crippen LogP contribution in [0.5, 0.6) is 11.6 Å². The smallest absolute Gasteiger partial charge is 0.270 e. The molecule has 7 nitrogen and oxygen atoms in total. The normalized spacial score (nSPS) is 10.5. The molecule has 0 aliphatic carbocycles. The molecule has 3 aromatic rings. The van der Waals surface area contributed by atoms with Crippen LogP contribution in [0.1, 0.15) is 35.7 Å². The number of amides is 1. The molecule has 0 aliphatic heterocycles. The molecule has 0 unspecified atom stereocenters. The summed E-state index contributed by atoms with van der Waals surface area (Å²) in [5, 5.41) is 13.5. The van der Waals surface area contributed by atoms with Gasteiger partial charge in [-0.25, -0.2) is 4.98 Å². The lowest BCUT2D eigenvalue weighted by molar-refractivity contribution is -0.384. The van der Waals surface area contributed by atoms with Gasteiger partial charge in [-0.1, -0.05) is 38.1 Å². The Kier molecular flexibility index (Phi) is 5.64. The average Bonchev–Trinajstić information content (AvgIpc) is 2.69. The number of nitrogens with one attached hydrogen (secondary N) is 1. The van der Waals surface area contributed by atoms with Crippen molar-refractivity contribution in [2.75, 3.05) is 5.32 Å². The van der Waals surface area contributed by atoms with Gasteiger partial charge in [0, 0.05) is 23.8 Å². The number of carbonyl (C=O) groups excluding carboxylic acids is 1. The molecule has 0 fully saturated rings. The molecule has 0 saturated heterocycles. The van der Waals surface area contributed by atoms with Gasteiger partial charge in [0.15, 0.2) is 0 Å². The van der Waals surface area contributed by atoms with Crippen molar-refractivity contribution in [2.45, 2.75) is 19.8 Å². The van der Waals surface area contributed by atoms with Crippen molar-refractivity contribution in [1.29, 1.82) is 0 Å². The average molecular weight is 377 g/mol. The van der Waals surface area contributed by atoms with Crippen LogP contribution in [-0.2, 0) is 0 Å². The van der Waals surface area contributed by atoms with Crippen LogP contribution in [0.4, 0.5) is 11.4 Å². The van der Waals surface area contributed by atoms with Crippen LogP contribution >= 0.6 is 0 Å². The zero-order chi connectivity index (χ0) is 20.1. The summed E-state index contributed by atoms with van der Waals surface area (Å²) >= 11 is 0. The van der Waals surface area contributed by atoms with Crippen LogP contribution in [0.15, 0.2) is 66.9 Å². The van der Waals surface area contributed by atoms with E-state index >= 15 is 0 Å². The fraction of sp³-hybridized carbons (Fsp3) is 0.143. The monoisotopic (exact) mass is 377 g/mol. The Morgan fingerprint density at radius 3 is 2.57 bits per heavy atom. The molecule has 7 heteroatoms. The predicted octanol–water partition coefficient (Wildman–Crippen LogP) is 5.16. The summed E-state index contributed by atoms with van der Waals surface area (Å²) in [6.07, 6.45) is 1.47. The van der Waals surface area contributed by atoms with Crippen LogP contribution in [0.25, 0.3) is 0 Å². The van der Waals surface area contributed by atoms with Gasteiger partial charge in [0.2, 0.25) is 5.88 Å². The first kappa shape index (κ1) is 19.0. The molecule has 0 bridgehead atoms. The molecule has 3 rings (SSSR count). The molecule has 2 aromatic carbocycles. The van der Waals surface area contributed by atoms with Gasteiger partial charge in [-0.2, -0.15) is 0 Å². The number of carbonyl (C=O) groups is 1. The number of hydrogen-bond acceptors (Lipinski definition) is 5. The second-order valence-corrected chi connectivity index (χ2v) is 6.44. The molecule has 142 valence electrons. The first-order valence-corrected chi connectivity index (χ1v) is 8.72. The maximum absolute atomic E-state index is 12.3. The summed E-state index contributed by atoms with van der Waals surface area (Å²) in [7, 11) is 0. The van der Waals surface area contributed by atoms with Crippen molar-refractivity contribution in [3.63, 3.8) is 0 Å². The number of hydrogen-bond donors (Lipinski definition) is 1. The van der Waals surface area contributed by atoms with Gasteiger partial charge >= 0.3 is 0 Å². The van der Waals surface area contributed by atoms with Gasteiger partial charge in [0.1, 0.15) is 5.75 Å². The summed E-state index contributed by atoms with van der Waals surface area (Å²) in [5.41, 5.74) is 1.59. The first-order valence-electron chi connectivity index (χ1n) is 8.72. The molecule has 1 N–H and O–H groups in total. The highest BCUT2D eigenvalue weighted by molar-refractivity contribution is 6.04. The molecule has 1 heterocycles. The molecule has 1 amide bonds. The number of para-hydroxylation sites is 1. The van der Waals surface area contributed by atoms with Gasteiger partial charge in [-0.15, -0.1) is 0 Å². The highest BCUT2D eigenvalue weighted by atomic mass is 16.6. The molecule has 0 radical (unpaired) electrons. The number of nitro benzene ring substituents is 1. The number of non-ortho nitro benzene ring substituents is 1. The van der Waals surface area contributed by atoms with E-state index in [9.17, 15) is 14.9 Å². The first-order chi connectivity index (χ1) is 13.4. The third-order valence-corrected chi connectivity index (χ3v) is 4.07. The highest BCUT2D eigenvalue weighted by Gasteiger charge is 2.12. The zero-order valence-electron chi connectivity index (χ0n) is 15.5. The minimum atomic E-state index is -0.542. The number of ether oxygens (including phenoxy) is 1. The predicted molar refractivity (Wildman–Crippen MR) is 106 cm³/mol. The van der Waals surface area contributed by atoms with Crippen LogP contribution in [0, 0.1) is 10.1 Å². The minimum absolute atomic E-state index is 0.140. The third kappa shape index (κ3) is 4.50. The Balaban J connectivity index is 1.70. The number of pyridine rings is 1. The number of aromatic nitrogens is 1. The molecule has 0 atom stereocenters. The largest absolute Gasteiger partial charge is 0.439 e. The van der Waals surface area contributed by atoms with Gasteiger partial charge in [0.05, 0.1) is 16.8 Å². The molecule has 1 aromatic heterocycles. The maximum atomic E-state index is 12.3. The van der Waals surface area contributed by atoms with Crippen molar-refractivity contribution >= 4 is 17.3 Å². The van der Waals surface area contributed by atoms with Crippen molar-refractivity contribution in [3.05, 3.63) is 88.1 Å².